The van der Waals surface area contributed by atoms with Crippen LogP contribution in [0.3, 0.4) is 0 Å². The third-order valence-corrected chi connectivity index (χ3v) is 8.99. The van der Waals surface area contributed by atoms with Gasteiger partial charge in [-0.1, -0.05) is 59.1 Å². The molecule has 0 bridgehead atoms. The number of hydrogen-bond donors (Lipinski definition) is 1. The normalized spacial score (nSPS) is 12.7. The van der Waals surface area contributed by atoms with E-state index in [-0.39, 0.29) is 25.5 Å². The second kappa shape index (κ2) is 10.6. The molecule has 3 aromatic rings. The minimum absolute atomic E-state index is 0.00191. The molecule has 0 unspecified atom stereocenters. The van der Waals surface area contributed by atoms with Crippen molar-refractivity contribution in [3.05, 3.63) is 87.9 Å². The third kappa shape index (κ3) is 6.35. The Balaban J connectivity index is 1.91. The molecule has 3 aromatic carbocycles. The van der Waals surface area contributed by atoms with Gasteiger partial charge in [-0.2, -0.15) is 0 Å². The average molecular weight is 556 g/mol. The van der Waals surface area contributed by atoms with Crippen LogP contribution in [0, 0.1) is 6.92 Å². The van der Waals surface area contributed by atoms with Gasteiger partial charge in [0.05, 0.1) is 31.6 Å². The van der Waals surface area contributed by atoms with E-state index in [1.54, 1.807) is 37.3 Å². The van der Waals surface area contributed by atoms with Gasteiger partial charge in [0, 0.05) is 6.26 Å². The minimum atomic E-state index is -4.16. The Morgan fingerprint density at radius 2 is 1.49 bits per heavy atom. The molecule has 0 aromatic heterocycles. The first-order valence-electron chi connectivity index (χ1n) is 10.4. The molecule has 7 nitrogen and oxygen atoms in total. The molecule has 1 N–H and O–H groups in total. The summed E-state index contributed by atoms with van der Waals surface area (Å²) in [5.74, 6) is -0.587. The maximum Gasteiger partial charge on any atom is 0.264 e. The fraction of sp³-hybridized carbons (Fsp3) is 0.208. The van der Waals surface area contributed by atoms with E-state index < -0.39 is 38.4 Å². The highest BCUT2D eigenvalue weighted by atomic mass is 35.5. The zero-order valence-corrected chi connectivity index (χ0v) is 22.3. The number of halogens is 2. The third-order valence-electron chi connectivity index (χ3n) is 5.28. The smallest absolute Gasteiger partial charge is 0.264 e. The largest absolute Gasteiger partial charge is 0.348 e. The highest BCUT2D eigenvalue weighted by molar-refractivity contribution is 7.93. The van der Waals surface area contributed by atoms with E-state index >= 15 is 0 Å². The van der Waals surface area contributed by atoms with Crippen molar-refractivity contribution in [2.24, 2.45) is 0 Å². The Labute approximate surface area is 215 Å². The number of amides is 1. The van der Waals surface area contributed by atoms with Crippen LogP contribution in [0.2, 0.25) is 10.0 Å². The number of hydrogen-bond acceptors (Lipinski definition) is 5. The van der Waals surface area contributed by atoms with Crippen LogP contribution in [0.4, 0.5) is 5.69 Å². The average Bonchev–Trinajstić information content (AvgIpc) is 2.79. The molecule has 186 valence electrons. The monoisotopic (exact) mass is 554 g/mol. The lowest BCUT2D eigenvalue weighted by Gasteiger charge is -2.26. The van der Waals surface area contributed by atoms with Gasteiger partial charge in [0.25, 0.3) is 10.0 Å². The van der Waals surface area contributed by atoms with Crippen LogP contribution in [0.5, 0.6) is 0 Å². The van der Waals surface area contributed by atoms with Crippen LogP contribution < -0.4 is 9.62 Å². The quantitative estimate of drug-likeness (QED) is 0.431. The van der Waals surface area contributed by atoms with Crippen molar-refractivity contribution in [3.63, 3.8) is 0 Å². The van der Waals surface area contributed by atoms with E-state index in [4.69, 9.17) is 23.2 Å². The standard InChI is InChI=1S/C24H24Cl2N2O5S2/c1-16-7-11-20(12-8-16)35(32,33)28(22-6-4-5-21(25)24(22)26)15-23(29)27-17(2)18-9-13-19(14-10-18)34(3,30)31/h4-14,17H,15H2,1-3H3,(H,27,29)/t17-/m1/s1. The van der Waals surface area contributed by atoms with E-state index in [0.29, 0.717) is 5.56 Å². The summed E-state index contributed by atoms with van der Waals surface area (Å²) in [6.07, 6.45) is 1.11. The van der Waals surface area contributed by atoms with Gasteiger partial charge in [-0.15, -0.1) is 0 Å². The molecule has 3 rings (SSSR count). The Bertz CT molecular complexity index is 1440. The van der Waals surface area contributed by atoms with Crippen LogP contribution in [-0.2, 0) is 24.7 Å². The van der Waals surface area contributed by atoms with E-state index in [0.717, 1.165) is 16.1 Å². The second-order valence-corrected chi connectivity index (χ2v) is 12.7. The van der Waals surface area contributed by atoms with Gasteiger partial charge >= 0.3 is 0 Å². The molecule has 35 heavy (non-hydrogen) atoms. The van der Waals surface area contributed by atoms with Crippen LogP contribution in [0.1, 0.15) is 24.1 Å². The molecule has 0 spiro atoms. The molecular weight excluding hydrogens is 531 g/mol. The molecule has 1 amide bonds. The number of aryl methyl sites for hydroxylation is 1. The van der Waals surface area contributed by atoms with E-state index in [1.165, 1.54) is 36.4 Å². The predicted molar refractivity (Wildman–Crippen MR) is 138 cm³/mol. The lowest BCUT2D eigenvalue weighted by molar-refractivity contribution is -0.120. The van der Waals surface area contributed by atoms with Gasteiger partial charge < -0.3 is 5.32 Å². The molecule has 0 radical (unpaired) electrons. The summed E-state index contributed by atoms with van der Waals surface area (Å²) in [6, 6.07) is 16.3. The fourth-order valence-corrected chi connectivity index (χ4v) is 5.84. The Morgan fingerprint density at radius 3 is 2.06 bits per heavy atom. The van der Waals surface area contributed by atoms with Crippen LogP contribution in [0.15, 0.2) is 76.5 Å². The summed E-state index contributed by atoms with van der Waals surface area (Å²) in [5.41, 5.74) is 1.60. The lowest BCUT2D eigenvalue weighted by atomic mass is 10.1. The molecule has 0 heterocycles. The van der Waals surface area contributed by atoms with Gasteiger partial charge in [-0.25, -0.2) is 16.8 Å². The van der Waals surface area contributed by atoms with Crippen molar-refractivity contribution >= 4 is 54.7 Å². The van der Waals surface area contributed by atoms with Gasteiger partial charge in [-0.3, -0.25) is 9.10 Å². The molecule has 0 aliphatic heterocycles. The van der Waals surface area contributed by atoms with Crippen LogP contribution >= 0.6 is 23.2 Å². The summed E-state index contributed by atoms with van der Waals surface area (Å²) in [4.78, 5) is 13.1. The number of carbonyl (C=O) groups excluding carboxylic acids is 1. The van der Waals surface area contributed by atoms with E-state index in [1.807, 2.05) is 6.92 Å². The van der Waals surface area contributed by atoms with Crippen molar-refractivity contribution < 1.29 is 21.6 Å². The topological polar surface area (TPSA) is 101 Å². The van der Waals surface area contributed by atoms with Gasteiger partial charge in [-0.05, 0) is 55.8 Å². The highest BCUT2D eigenvalue weighted by Gasteiger charge is 2.29. The zero-order chi connectivity index (χ0) is 26.0. The van der Waals surface area contributed by atoms with Gasteiger partial charge in [0.15, 0.2) is 9.84 Å². The first-order valence-corrected chi connectivity index (χ1v) is 14.5. The number of carbonyl (C=O) groups is 1. The van der Waals surface area contributed by atoms with Gasteiger partial charge in [0.1, 0.15) is 6.54 Å². The summed E-state index contributed by atoms with van der Waals surface area (Å²) in [7, 11) is -7.52. The second-order valence-electron chi connectivity index (χ2n) is 8.03. The summed E-state index contributed by atoms with van der Waals surface area (Å²) in [5, 5.41) is 2.90. The molecule has 11 heteroatoms. The molecule has 0 fully saturated rings. The first-order chi connectivity index (χ1) is 16.3. The van der Waals surface area contributed by atoms with Crippen LogP contribution in [-0.4, -0.2) is 35.5 Å². The maximum absolute atomic E-state index is 13.5. The van der Waals surface area contributed by atoms with Crippen molar-refractivity contribution in [2.45, 2.75) is 29.7 Å². The molecule has 1 atom stereocenters. The van der Waals surface area contributed by atoms with Gasteiger partial charge in [0.2, 0.25) is 5.91 Å². The number of nitrogens with one attached hydrogen (secondary N) is 1. The Kier molecular flexibility index (Phi) is 8.16. The highest BCUT2D eigenvalue weighted by Crippen LogP contribution is 2.35. The van der Waals surface area contributed by atoms with Crippen LogP contribution in [0.25, 0.3) is 0 Å². The number of anilines is 1. The molecule has 0 saturated carbocycles. The fourth-order valence-electron chi connectivity index (χ4n) is 3.33. The summed E-state index contributed by atoms with van der Waals surface area (Å²) in [6.45, 7) is 2.99. The van der Waals surface area contributed by atoms with Crippen molar-refractivity contribution in [1.82, 2.24) is 5.32 Å². The zero-order valence-electron chi connectivity index (χ0n) is 19.2. The van der Waals surface area contributed by atoms with E-state index in [2.05, 4.69) is 5.32 Å². The number of sulfone groups is 1. The number of nitrogens with zero attached hydrogens (tertiary/aromatic N) is 1. The molecule has 0 aliphatic carbocycles. The van der Waals surface area contributed by atoms with Crippen molar-refractivity contribution in [1.29, 1.82) is 0 Å². The maximum atomic E-state index is 13.5. The summed E-state index contributed by atoms with van der Waals surface area (Å²) < 4.78 is 51.3. The molecule has 0 saturated heterocycles. The van der Waals surface area contributed by atoms with Crippen molar-refractivity contribution in [2.75, 3.05) is 17.1 Å². The predicted octanol–water partition coefficient (Wildman–Crippen LogP) is 4.78. The molecular formula is C24H24Cl2N2O5S2. The number of rotatable bonds is 8. The Hall–Kier alpha value is -2.59. The Morgan fingerprint density at radius 1 is 0.914 bits per heavy atom. The molecule has 0 aliphatic rings. The number of benzene rings is 3. The lowest BCUT2D eigenvalue weighted by Crippen LogP contribution is -2.41. The van der Waals surface area contributed by atoms with E-state index in [9.17, 15) is 21.6 Å². The first kappa shape index (κ1) is 27.0. The minimum Gasteiger partial charge on any atom is -0.348 e. The number of sulfonamides is 1. The van der Waals surface area contributed by atoms with Crippen molar-refractivity contribution in [3.8, 4) is 0 Å². The SMILES string of the molecule is Cc1ccc(S(=O)(=O)N(CC(=O)N[C@H](C)c2ccc(S(C)(=O)=O)cc2)c2cccc(Cl)c2Cl)cc1. The summed E-state index contributed by atoms with van der Waals surface area (Å²) >= 11 is 12.4.